The number of carbonyl (C=O) groups is 1. The van der Waals surface area contributed by atoms with E-state index in [9.17, 15) is 9.18 Å². The Balaban J connectivity index is 2.22. The molecule has 0 radical (unpaired) electrons. The molecular weight excluding hydrogens is 243 g/mol. The standard InChI is InChI=1S/C12H14ClFN2O/c1-2-3-4-9-12(17)16-10-5-7(13)8(14)6-11(10)15-9/h5-6,9,15H,2-4H2,1H3,(H,16,17). The molecule has 3 nitrogen and oxygen atoms in total. The van der Waals surface area contributed by atoms with Gasteiger partial charge in [-0.15, -0.1) is 0 Å². The maximum Gasteiger partial charge on any atom is 0.246 e. The average molecular weight is 257 g/mol. The first-order valence-electron chi connectivity index (χ1n) is 5.68. The van der Waals surface area contributed by atoms with Gasteiger partial charge in [-0.25, -0.2) is 4.39 Å². The third kappa shape index (κ3) is 2.52. The molecule has 17 heavy (non-hydrogen) atoms. The Bertz CT molecular complexity index is 450. The van der Waals surface area contributed by atoms with Crippen molar-refractivity contribution < 1.29 is 9.18 Å². The monoisotopic (exact) mass is 256 g/mol. The molecule has 1 aliphatic heterocycles. The van der Waals surface area contributed by atoms with Crippen molar-refractivity contribution in [3.05, 3.63) is 23.0 Å². The van der Waals surface area contributed by atoms with Crippen LogP contribution in [0.2, 0.25) is 5.02 Å². The highest BCUT2D eigenvalue weighted by Crippen LogP contribution is 2.32. The number of hydrogen-bond donors (Lipinski definition) is 2. The van der Waals surface area contributed by atoms with E-state index in [-0.39, 0.29) is 17.0 Å². The number of anilines is 2. The fourth-order valence-corrected chi connectivity index (χ4v) is 2.02. The van der Waals surface area contributed by atoms with Crippen LogP contribution in [0.15, 0.2) is 12.1 Å². The molecular formula is C12H14ClFN2O. The van der Waals surface area contributed by atoms with Gasteiger partial charge < -0.3 is 10.6 Å². The van der Waals surface area contributed by atoms with Crippen LogP contribution >= 0.6 is 11.6 Å². The molecule has 0 saturated carbocycles. The molecule has 1 atom stereocenters. The van der Waals surface area contributed by atoms with Gasteiger partial charge in [-0.3, -0.25) is 4.79 Å². The first-order chi connectivity index (χ1) is 8.11. The third-order valence-corrected chi connectivity index (χ3v) is 3.10. The Morgan fingerprint density at radius 2 is 2.18 bits per heavy atom. The molecule has 0 aliphatic carbocycles. The molecule has 0 saturated heterocycles. The minimum Gasteiger partial charge on any atom is -0.372 e. The summed E-state index contributed by atoms with van der Waals surface area (Å²) in [7, 11) is 0. The quantitative estimate of drug-likeness (QED) is 0.870. The normalized spacial score (nSPS) is 18.3. The summed E-state index contributed by atoms with van der Waals surface area (Å²) >= 11 is 5.66. The first-order valence-corrected chi connectivity index (χ1v) is 6.06. The van der Waals surface area contributed by atoms with Gasteiger partial charge in [0, 0.05) is 6.07 Å². The van der Waals surface area contributed by atoms with Gasteiger partial charge in [-0.2, -0.15) is 0 Å². The molecule has 0 aromatic heterocycles. The van der Waals surface area contributed by atoms with Crippen molar-refractivity contribution in [2.75, 3.05) is 10.6 Å². The third-order valence-electron chi connectivity index (χ3n) is 2.81. The van der Waals surface area contributed by atoms with Crippen LogP contribution in [0.3, 0.4) is 0 Å². The minimum atomic E-state index is -0.483. The Kier molecular flexibility index (Phi) is 3.52. The molecule has 1 heterocycles. The van der Waals surface area contributed by atoms with Crippen LogP contribution in [0.25, 0.3) is 0 Å². The van der Waals surface area contributed by atoms with Gasteiger partial charge in [0.1, 0.15) is 11.9 Å². The van der Waals surface area contributed by atoms with E-state index < -0.39 is 5.82 Å². The van der Waals surface area contributed by atoms with Crippen LogP contribution in [0.4, 0.5) is 15.8 Å². The summed E-state index contributed by atoms with van der Waals surface area (Å²) in [4.78, 5) is 11.7. The molecule has 92 valence electrons. The van der Waals surface area contributed by atoms with E-state index in [1.54, 1.807) is 0 Å². The number of amides is 1. The van der Waals surface area contributed by atoms with Crippen molar-refractivity contribution in [1.82, 2.24) is 0 Å². The van der Waals surface area contributed by atoms with Crippen LogP contribution in [0, 0.1) is 5.82 Å². The van der Waals surface area contributed by atoms with Crippen molar-refractivity contribution in [1.29, 1.82) is 0 Å². The molecule has 5 heteroatoms. The Morgan fingerprint density at radius 1 is 1.41 bits per heavy atom. The van der Waals surface area contributed by atoms with Gasteiger partial charge in [-0.1, -0.05) is 31.4 Å². The van der Waals surface area contributed by atoms with Crippen molar-refractivity contribution in [3.63, 3.8) is 0 Å². The largest absolute Gasteiger partial charge is 0.372 e. The van der Waals surface area contributed by atoms with Gasteiger partial charge in [0.25, 0.3) is 0 Å². The van der Waals surface area contributed by atoms with Crippen molar-refractivity contribution >= 4 is 28.9 Å². The summed E-state index contributed by atoms with van der Waals surface area (Å²) < 4.78 is 13.3. The molecule has 2 rings (SSSR count). The fraction of sp³-hybridized carbons (Fsp3) is 0.417. The zero-order chi connectivity index (χ0) is 12.4. The molecule has 0 bridgehead atoms. The molecule has 1 aromatic carbocycles. The van der Waals surface area contributed by atoms with Crippen molar-refractivity contribution in [3.8, 4) is 0 Å². The summed E-state index contributed by atoms with van der Waals surface area (Å²) in [5.74, 6) is -0.572. The van der Waals surface area contributed by atoms with Gasteiger partial charge in [-0.05, 0) is 12.5 Å². The fourth-order valence-electron chi connectivity index (χ4n) is 1.85. The number of nitrogens with one attached hydrogen (secondary N) is 2. The number of halogens is 2. The Hall–Kier alpha value is -1.29. The molecule has 0 fully saturated rings. The number of rotatable bonds is 3. The van der Waals surface area contributed by atoms with E-state index >= 15 is 0 Å². The lowest BCUT2D eigenvalue weighted by molar-refractivity contribution is -0.117. The van der Waals surface area contributed by atoms with Crippen LogP contribution in [0.1, 0.15) is 26.2 Å². The van der Waals surface area contributed by atoms with E-state index in [0.717, 1.165) is 19.3 Å². The van der Waals surface area contributed by atoms with Gasteiger partial charge in [0.05, 0.1) is 16.4 Å². The lowest BCUT2D eigenvalue weighted by Gasteiger charge is -2.27. The average Bonchev–Trinajstić information content (AvgIpc) is 2.29. The molecule has 1 aliphatic rings. The van der Waals surface area contributed by atoms with Gasteiger partial charge in [0.15, 0.2) is 0 Å². The zero-order valence-corrected chi connectivity index (χ0v) is 10.3. The highest BCUT2D eigenvalue weighted by Gasteiger charge is 2.25. The lowest BCUT2D eigenvalue weighted by atomic mass is 10.1. The highest BCUT2D eigenvalue weighted by atomic mass is 35.5. The molecule has 0 spiro atoms. The Morgan fingerprint density at radius 3 is 2.88 bits per heavy atom. The number of fused-ring (bicyclic) bond motifs is 1. The van der Waals surface area contributed by atoms with Gasteiger partial charge in [0.2, 0.25) is 5.91 Å². The maximum absolute atomic E-state index is 13.3. The highest BCUT2D eigenvalue weighted by molar-refractivity contribution is 6.31. The van der Waals surface area contributed by atoms with Crippen LogP contribution in [-0.4, -0.2) is 11.9 Å². The summed E-state index contributed by atoms with van der Waals surface area (Å²) in [6.07, 6.45) is 2.72. The predicted octanol–water partition coefficient (Wildman–Crippen LogP) is 3.40. The second-order valence-electron chi connectivity index (χ2n) is 4.14. The molecule has 1 unspecified atom stereocenters. The summed E-state index contributed by atoms with van der Waals surface area (Å²) in [6, 6.07) is 2.45. The Labute approximate surface area is 104 Å². The van der Waals surface area contributed by atoms with Crippen LogP contribution in [-0.2, 0) is 4.79 Å². The number of carbonyl (C=O) groups excluding carboxylic acids is 1. The van der Waals surface area contributed by atoms with E-state index in [2.05, 4.69) is 17.6 Å². The zero-order valence-electron chi connectivity index (χ0n) is 9.52. The minimum absolute atomic E-state index is 0.0119. The number of benzene rings is 1. The predicted molar refractivity (Wildman–Crippen MR) is 67.0 cm³/mol. The summed E-state index contributed by atoms with van der Waals surface area (Å²) in [6.45, 7) is 2.06. The lowest BCUT2D eigenvalue weighted by Crippen LogP contribution is -2.38. The molecule has 1 aromatic rings. The molecule has 1 amide bonds. The first kappa shape index (κ1) is 12.2. The van der Waals surface area contributed by atoms with E-state index in [1.807, 2.05) is 0 Å². The van der Waals surface area contributed by atoms with Crippen LogP contribution in [0.5, 0.6) is 0 Å². The smallest absolute Gasteiger partial charge is 0.246 e. The van der Waals surface area contributed by atoms with E-state index in [0.29, 0.717) is 11.4 Å². The SMILES string of the molecule is CCCCC1Nc2cc(F)c(Cl)cc2NC1=O. The van der Waals surface area contributed by atoms with Crippen molar-refractivity contribution in [2.45, 2.75) is 32.2 Å². The van der Waals surface area contributed by atoms with E-state index in [4.69, 9.17) is 11.6 Å². The number of unbranched alkanes of at least 4 members (excludes halogenated alkanes) is 1. The number of hydrogen-bond acceptors (Lipinski definition) is 2. The second kappa shape index (κ2) is 4.92. The van der Waals surface area contributed by atoms with E-state index in [1.165, 1.54) is 12.1 Å². The topological polar surface area (TPSA) is 41.1 Å². The van der Waals surface area contributed by atoms with Crippen molar-refractivity contribution in [2.24, 2.45) is 0 Å². The second-order valence-corrected chi connectivity index (χ2v) is 4.55. The van der Waals surface area contributed by atoms with Gasteiger partial charge >= 0.3 is 0 Å². The maximum atomic E-state index is 13.3. The summed E-state index contributed by atoms with van der Waals surface area (Å²) in [5.41, 5.74) is 1.13. The molecule has 2 N–H and O–H groups in total. The summed E-state index contributed by atoms with van der Waals surface area (Å²) in [5, 5.41) is 5.79. The van der Waals surface area contributed by atoms with Crippen LogP contribution < -0.4 is 10.6 Å².